The summed E-state index contributed by atoms with van der Waals surface area (Å²) in [4.78, 5) is 13.2. The molecule has 75 heavy (non-hydrogen) atoms. The summed E-state index contributed by atoms with van der Waals surface area (Å²) in [5.41, 5.74) is 0. The first kappa shape index (κ1) is 67.8. The number of aliphatic hydroxyl groups excluding tert-OH is 8. The van der Waals surface area contributed by atoms with E-state index in [1.54, 1.807) is 0 Å². The Morgan fingerprint density at radius 3 is 1.36 bits per heavy atom. The molecule has 0 aliphatic carbocycles. The average Bonchev–Trinajstić information content (AvgIpc) is 3.41. The van der Waals surface area contributed by atoms with Crippen LogP contribution < -0.4 is 5.32 Å². The maximum absolute atomic E-state index is 13.2. The standard InChI is InChI=1S/C61H101NO13/c1-3-5-7-9-11-13-15-17-18-19-20-21-22-23-24-25-26-27-28-29-30-31-32-33-35-37-39-41-43-45-53(66)62-49(50(65)44-42-40-38-36-34-16-14-12-10-8-6-4-2)48-72-60-58(71)56(69)59(52(47-64)74-60)75-61-57(70)55(68)54(67)51(46-63)73-61/h5,7,11,13,17-18,20-21,23-24,26-27,29-30,32-33,37,39,49-52,54-61,63-65,67-71H,3-4,6,8-10,12,14-16,19,22,25,28,31,34-36,38,40-48H2,1-2H3,(H,62,66)/b7-5-,13-11-,18-17-,21-20-,24-23-,27-26-,30-29-,33-32-,39-37-. The van der Waals surface area contributed by atoms with Crippen LogP contribution in [0.2, 0.25) is 0 Å². The third kappa shape index (κ3) is 31.6. The molecule has 2 saturated heterocycles. The average molecular weight is 1060 g/mol. The topological polar surface area (TPSA) is 228 Å². The first-order chi connectivity index (χ1) is 36.6. The number of nitrogens with one attached hydrogen (secondary N) is 1. The number of carbonyl (C=O) groups is 1. The van der Waals surface area contributed by atoms with Gasteiger partial charge in [0.05, 0.1) is 32.0 Å². The van der Waals surface area contributed by atoms with Crippen molar-refractivity contribution < 1.29 is 64.6 Å². The van der Waals surface area contributed by atoms with E-state index >= 15 is 0 Å². The van der Waals surface area contributed by atoms with Crippen LogP contribution in [0.5, 0.6) is 0 Å². The van der Waals surface area contributed by atoms with E-state index in [-0.39, 0.29) is 18.9 Å². The van der Waals surface area contributed by atoms with Crippen LogP contribution in [0.4, 0.5) is 0 Å². The second-order valence-electron chi connectivity index (χ2n) is 19.7. The second kappa shape index (κ2) is 45.6. The highest BCUT2D eigenvalue weighted by molar-refractivity contribution is 5.76. The summed E-state index contributed by atoms with van der Waals surface area (Å²) in [5.74, 6) is -0.271. The van der Waals surface area contributed by atoms with Gasteiger partial charge in [-0.2, -0.15) is 0 Å². The molecule has 12 unspecified atom stereocenters. The maximum Gasteiger partial charge on any atom is 0.220 e. The van der Waals surface area contributed by atoms with Crippen LogP contribution in [0.15, 0.2) is 109 Å². The van der Waals surface area contributed by atoms with Gasteiger partial charge in [-0.1, -0.05) is 200 Å². The number of unbranched alkanes of at least 4 members (excludes halogenated alkanes) is 12. The zero-order chi connectivity index (χ0) is 54.6. The van der Waals surface area contributed by atoms with E-state index in [4.69, 9.17) is 18.9 Å². The molecule has 0 radical (unpaired) electrons. The molecular weight excluding hydrogens is 955 g/mol. The van der Waals surface area contributed by atoms with Crippen molar-refractivity contribution in [2.24, 2.45) is 0 Å². The zero-order valence-electron chi connectivity index (χ0n) is 45.7. The number of hydrogen-bond acceptors (Lipinski definition) is 13. The van der Waals surface area contributed by atoms with E-state index < -0.39 is 86.8 Å². The van der Waals surface area contributed by atoms with E-state index in [0.29, 0.717) is 19.3 Å². The van der Waals surface area contributed by atoms with E-state index in [1.807, 2.05) is 0 Å². The van der Waals surface area contributed by atoms with Crippen LogP contribution in [0.3, 0.4) is 0 Å². The number of aliphatic hydroxyl groups is 8. The van der Waals surface area contributed by atoms with E-state index in [0.717, 1.165) is 83.5 Å². The summed E-state index contributed by atoms with van der Waals surface area (Å²) in [5, 5.41) is 87.0. The molecule has 2 rings (SSSR count). The monoisotopic (exact) mass is 1060 g/mol. The largest absolute Gasteiger partial charge is 0.394 e. The van der Waals surface area contributed by atoms with Gasteiger partial charge in [0, 0.05) is 6.42 Å². The Balaban J connectivity index is 1.76. The molecule has 2 aliphatic rings. The molecule has 428 valence electrons. The van der Waals surface area contributed by atoms with Gasteiger partial charge in [-0.05, 0) is 77.0 Å². The van der Waals surface area contributed by atoms with Gasteiger partial charge in [-0.25, -0.2) is 0 Å². The van der Waals surface area contributed by atoms with Gasteiger partial charge in [-0.3, -0.25) is 4.79 Å². The Bertz CT molecular complexity index is 1670. The van der Waals surface area contributed by atoms with Crippen molar-refractivity contribution in [2.75, 3.05) is 19.8 Å². The van der Waals surface area contributed by atoms with Crippen molar-refractivity contribution in [3.63, 3.8) is 0 Å². The smallest absolute Gasteiger partial charge is 0.220 e. The number of amides is 1. The number of hydrogen-bond donors (Lipinski definition) is 9. The van der Waals surface area contributed by atoms with Gasteiger partial charge in [0.15, 0.2) is 12.6 Å². The molecule has 1 amide bonds. The van der Waals surface area contributed by atoms with Crippen molar-refractivity contribution in [1.29, 1.82) is 0 Å². The highest BCUT2D eigenvalue weighted by Gasteiger charge is 2.51. The molecule has 9 N–H and O–H groups in total. The molecule has 14 heteroatoms. The van der Waals surface area contributed by atoms with Gasteiger partial charge in [0.2, 0.25) is 5.91 Å². The van der Waals surface area contributed by atoms with Crippen LogP contribution in [-0.2, 0) is 23.7 Å². The molecule has 0 spiro atoms. The molecule has 0 bridgehead atoms. The normalized spacial score (nSPS) is 25.9. The lowest BCUT2D eigenvalue weighted by Crippen LogP contribution is -2.65. The fourth-order valence-electron chi connectivity index (χ4n) is 8.65. The molecule has 14 nitrogen and oxygen atoms in total. The van der Waals surface area contributed by atoms with Gasteiger partial charge >= 0.3 is 0 Å². The number of ether oxygens (including phenoxy) is 4. The lowest BCUT2D eigenvalue weighted by Gasteiger charge is -2.46. The summed E-state index contributed by atoms with van der Waals surface area (Å²) >= 11 is 0. The summed E-state index contributed by atoms with van der Waals surface area (Å²) in [6.07, 6.45) is 46.7. The SMILES string of the molecule is CC/C=C\C/C=C\C/C=C\C/C=C\C/C=C\C/C=C\C/C=C\C/C=C\C/C=C\CCCC(=O)NC(COC1OC(CO)C(OC2OC(CO)C(O)C(O)C2O)C(O)C1O)C(O)CCCCCCCCCCCCCC. The Hall–Kier alpha value is -3.35. The quantitative estimate of drug-likeness (QED) is 0.0205. The maximum atomic E-state index is 13.2. The Morgan fingerprint density at radius 1 is 0.493 bits per heavy atom. The molecule has 0 aromatic heterocycles. The van der Waals surface area contributed by atoms with E-state index in [1.165, 1.54) is 51.4 Å². The van der Waals surface area contributed by atoms with Gasteiger partial charge in [0.25, 0.3) is 0 Å². The summed E-state index contributed by atoms with van der Waals surface area (Å²) in [7, 11) is 0. The first-order valence-corrected chi connectivity index (χ1v) is 28.6. The molecule has 0 aromatic rings. The molecule has 2 heterocycles. The van der Waals surface area contributed by atoms with E-state index in [2.05, 4.69) is 129 Å². The Kier molecular flexibility index (Phi) is 41.2. The van der Waals surface area contributed by atoms with Gasteiger partial charge < -0.3 is 65.1 Å². The molecule has 12 atom stereocenters. The fraction of sp³-hybridized carbons (Fsp3) is 0.689. The lowest BCUT2D eigenvalue weighted by molar-refractivity contribution is -0.359. The highest BCUT2D eigenvalue weighted by atomic mass is 16.7. The van der Waals surface area contributed by atoms with Crippen molar-refractivity contribution in [1.82, 2.24) is 5.32 Å². The zero-order valence-corrected chi connectivity index (χ0v) is 45.7. The highest BCUT2D eigenvalue weighted by Crippen LogP contribution is 2.30. The van der Waals surface area contributed by atoms with Crippen LogP contribution in [0.1, 0.15) is 174 Å². The molecular formula is C61H101NO13. The summed E-state index contributed by atoms with van der Waals surface area (Å²) in [6.45, 7) is 2.67. The minimum Gasteiger partial charge on any atom is -0.394 e. The lowest BCUT2D eigenvalue weighted by atomic mass is 9.97. The van der Waals surface area contributed by atoms with Gasteiger partial charge in [-0.15, -0.1) is 0 Å². The minimum atomic E-state index is -1.79. The van der Waals surface area contributed by atoms with Crippen LogP contribution in [-0.4, -0.2) is 140 Å². The third-order valence-electron chi connectivity index (χ3n) is 13.3. The minimum absolute atomic E-state index is 0.217. The third-order valence-corrected chi connectivity index (χ3v) is 13.3. The molecule has 2 aliphatic heterocycles. The summed E-state index contributed by atoms with van der Waals surface area (Å²) < 4.78 is 22.7. The van der Waals surface area contributed by atoms with Crippen LogP contribution in [0, 0.1) is 0 Å². The van der Waals surface area contributed by atoms with Crippen LogP contribution >= 0.6 is 0 Å². The van der Waals surface area contributed by atoms with E-state index in [9.17, 15) is 45.6 Å². The number of carbonyl (C=O) groups excluding carboxylic acids is 1. The predicted molar refractivity (Wildman–Crippen MR) is 299 cm³/mol. The first-order valence-electron chi connectivity index (χ1n) is 28.6. The molecule has 0 saturated carbocycles. The fourth-order valence-corrected chi connectivity index (χ4v) is 8.65. The Morgan fingerprint density at radius 2 is 0.907 bits per heavy atom. The number of allylic oxidation sites excluding steroid dienone is 18. The number of rotatable bonds is 43. The predicted octanol–water partition coefficient (Wildman–Crippen LogP) is 9.27. The Labute approximate surface area is 451 Å². The van der Waals surface area contributed by atoms with Crippen molar-refractivity contribution >= 4 is 5.91 Å². The van der Waals surface area contributed by atoms with Crippen molar-refractivity contribution in [3.05, 3.63) is 109 Å². The van der Waals surface area contributed by atoms with Crippen molar-refractivity contribution in [3.8, 4) is 0 Å². The van der Waals surface area contributed by atoms with Gasteiger partial charge in [0.1, 0.15) is 48.8 Å². The molecule has 2 fully saturated rings. The van der Waals surface area contributed by atoms with Crippen molar-refractivity contribution in [2.45, 2.75) is 248 Å². The second-order valence-corrected chi connectivity index (χ2v) is 19.7. The van der Waals surface area contributed by atoms with Crippen LogP contribution in [0.25, 0.3) is 0 Å². The molecule has 0 aromatic carbocycles. The summed E-state index contributed by atoms with van der Waals surface area (Å²) in [6, 6.07) is -0.867.